The van der Waals surface area contributed by atoms with Crippen LogP contribution in [0.2, 0.25) is 0 Å². The summed E-state index contributed by atoms with van der Waals surface area (Å²) in [6, 6.07) is 9.57. The predicted octanol–water partition coefficient (Wildman–Crippen LogP) is 2.97. The van der Waals surface area contributed by atoms with E-state index >= 15 is 0 Å². The molecule has 132 valence electrons. The van der Waals surface area contributed by atoms with E-state index < -0.39 is 0 Å². The number of amides is 1. The highest BCUT2D eigenvalue weighted by molar-refractivity contribution is 5.91. The Bertz CT molecular complexity index is 742. The number of aromatic nitrogens is 2. The molecule has 1 aromatic heterocycles. The van der Waals surface area contributed by atoms with Crippen molar-refractivity contribution in [3.05, 3.63) is 41.6 Å². The SMILES string of the molecule is CCc1cccc(NC(=O)COc2cc(C)nc(N3CCCC3)n2)c1. The molecule has 1 fully saturated rings. The number of aryl methyl sites for hydroxylation is 2. The second-order valence-corrected chi connectivity index (χ2v) is 6.23. The molecule has 0 atom stereocenters. The molecular formula is C19H24N4O2. The summed E-state index contributed by atoms with van der Waals surface area (Å²) in [5.74, 6) is 0.919. The number of rotatable bonds is 6. The van der Waals surface area contributed by atoms with E-state index in [0.717, 1.165) is 43.7 Å². The summed E-state index contributed by atoms with van der Waals surface area (Å²) in [6.45, 7) is 5.85. The van der Waals surface area contributed by atoms with Gasteiger partial charge in [0.05, 0.1) is 0 Å². The minimum atomic E-state index is -0.202. The van der Waals surface area contributed by atoms with Crippen LogP contribution in [0.1, 0.15) is 31.0 Å². The molecule has 1 N–H and O–H groups in total. The lowest BCUT2D eigenvalue weighted by atomic mass is 10.1. The van der Waals surface area contributed by atoms with Gasteiger partial charge < -0.3 is 15.0 Å². The van der Waals surface area contributed by atoms with E-state index in [0.29, 0.717) is 11.8 Å². The van der Waals surface area contributed by atoms with E-state index in [9.17, 15) is 4.79 Å². The zero-order valence-electron chi connectivity index (χ0n) is 14.8. The first-order valence-corrected chi connectivity index (χ1v) is 8.76. The fraction of sp³-hybridized carbons (Fsp3) is 0.421. The van der Waals surface area contributed by atoms with Crippen LogP contribution in [0.25, 0.3) is 0 Å². The maximum atomic E-state index is 12.1. The first-order chi connectivity index (χ1) is 12.1. The summed E-state index contributed by atoms with van der Waals surface area (Å²) < 4.78 is 5.59. The van der Waals surface area contributed by atoms with Gasteiger partial charge in [0.1, 0.15) is 0 Å². The van der Waals surface area contributed by atoms with Crippen LogP contribution in [0.3, 0.4) is 0 Å². The van der Waals surface area contributed by atoms with Gasteiger partial charge in [0.15, 0.2) is 6.61 Å². The number of nitrogens with one attached hydrogen (secondary N) is 1. The van der Waals surface area contributed by atoms with Crippen LogP contribution < -0.4 is 15.0 Å². The molecule has 1 aliphatic rings. The van der Waals surface area contributed by atoms with E-state index in [1.54, 1.807) is 6.07 Å². The molecule has 25 heavy (non-hydrogen) atoms. The summed E-state index contributed by atoms with van der Waals surface area (Å²) in [5.41, 5.74) is 2.80. The number of hydrogen-bond acceptors (Lipinski definition) is 5. The number of carbonyl (C=O) groups excluding carboxylic acids is 1. The van der Waals surface area contributed by atoms with Gasteiger partial charge in [0.2, 0.25) is 11.8 Å². The summed E-state index contributed by atoms with van der Waals surface area (Å²) in [7, 11) is 0. The van der Waals surface area contributed by atoms with Gasteiger partial charge in [-0.15, -0.1) is 0 Å². The van der Waals surface area contributed by atoms with E-state index in [4.69, 9.17) is 4.74 Å². The van der Waals surface area contributed by atoms with Gasteiger partial charge in [0, 0.05) is 30.5 Å². The lowest BCUT2D eigenvalue weighted by molar-refractivity contribution is -0.118. The molecular weight excluding hydrogens is 316 g/mol. The van der Waals surface area contributed by atoms with Crippen molar-refractivity contribution in [3.63, 3.8) is 0 Å². The first kappa shape index (κ1) is 17.2. The summed E-state index contributed by atoms with van der Waals surface area (Å²) in [5, 5.41) is 2.85. The topological polar surface area (TPSA) is 67.3 Å². The lowest BCUT2D eigenvalue weighted by Crippen LogP contribution is -2.23. The van der Waals surface area contributed by atoms with Crippen molar-refractivity contribution < 1.29 is 9.53 Å². The van der Waals surface area contributed by atoms with Crippen LogP contribution in [0, 0.1) is 6.92 Å². The number of benzene rings is 1. The van der Waals surface area contributed by atoms with Gasteiger partial charge in [-0.25, -0.2) is 4.98 Å². The van der Waals surface area contributed by atoms with Crippen LogP contribution in [-0.4, -0.2) is 35.6 Å². The molecule has 0 radical (unpaired) electrons. The van der Waals surface area contributed by atoms with Gasteiger partial charge in [0.25, 0.3) is 5.91 Å². The Morgan fingerprint density at radius 3 is 2.80 bits per heavy atom. The van der Waals surface area contributed by atoms with Gasteiger partial charge in [-0.2, -0.15) is 4.98 Å². The Morgan fingerprint density at radius 1 is 1.24 bits per heavy atom. The molecule has 3 rings (SSSR count). The number of ether oxygens (including phenoxy) is 1. The first-order valence-electron chi connectivity index (χ1n) is 8.76. The average molecular weight is 340 g/mol. The Balaban J connectivity index is 1.59. The highest BCUT2D eigenvalue weighted by Crippen LogP contribution is 2.19. The second kappa shape index (κ2) is 7.96. The second-order valence-electron chi connectivity index (χ2n) is 6.23. The molecule has 6 nitrogen and oxygen atoms in total. The summed E-state index contributed by atoms with van der Waals surface area (Å²) in [4.78, 5) is 23.2. The van der Waals surface area contributed by atoms with E-state index in [1.807, 2.05) is 31.2 Å². The normalized spacial score (nSPS) is 13.8. The van der Waals surface area contributed by atoms with Crippen molar-refractivity contribution in [1.29, 1.82) is 0 Å². The van der Waals surface area contributed by atoms with E-state index in [2.05, 4.69) is 27.1 Å². The standard InChI is InChI=1S/C19H24N4O2/c1-3-15-7-6-8-16(12-15)21-17(24)13-25-18-11-14(2)20-19(22-18)23-9-4-5-10-23/h6-8,11-12H,3-5,9-10,13H2,1-2H3,(H,21,24). The van der Waals surface area contributed by atoms with E-state index in [-0.39, 0.29) is 12.5 Å². The maximum Gasteiger partial charge on any atom is 0.262 e. The lowest BCUT2D eigenvalue weighted by Gasteiger charge is -2.16. The molecule has 0 unspecified atom stereocenters. The highest BCUT2D eigenvalue weighted by atomic mass is 16.5. The van der Waals surface area contributed by atoms with Crippen molar-refractivity contribution in [2.24, 2.45) is 0 Å². The molecule has 1 aliphatic heterocycles. The largest absolute Gasteiger partial charge is 0.467 e. The van der Waals surface area contributed by atoms with Crippen molar-refractivity contribution in [2.75, 3.05) is 29.9 Å². The van der Waals surface area contributed by atoms with Gasteiger partial charge in [-0.05, 0) is 43.9 Å². The molecule has 6 heteroatoms. The quantitative estimate of drug-likeness (QED) is 0.876. The maximum absolute atomic E-state index is 12.1. The van der Waals surface area contributed by atoms with Crippen LogP contribution in [0.5, 0.6) is 5.88 Å². The highest BCUT2D eigenvalue weighted by Gasteiger charge is 2.16. The van der Waals surface area contributed by atoms with Crippen molar-refractivity contribution in [3.8, 4) is 5.88 Å². The van der Waals surface area contributed by atoms with Crippen molar-refractivity contribution in [2.45, 2.75) is 33.1 Å². The zero-order chi connectivity index (χ0) is 17.6. The van der Waals surface area contributed by atoms with Gasteiger partial charge in [-0.1, -0.05) is 19.1 Å². The molecule has 0 aliphatic carbocycles. The third-order valence-electron chi connectivity index (χ3n) is 4.18. The van der Waals surface area contributed by atoms with Crippen molar-refractivity contribution in [1.82, 2.24) is 9.97 Å². The summed E-state index contributed by atoms with van der Waals surface area (Å²) in [6.07, 6.45) is 3.25. The van der Waals surface area contributed by atoms with Crippen LogP contribution in [-0.2, 0) is 11.2 Å². The monoisotopic (exact) mass is 340 g/mol. The molecule has 1 amide bonds. The Kier molecular flexibility index (Phi) is 5.48. The van der Waals surface area contributed by atoms with E-state index in [1.165, 1.54) is 5.56 Å². The number of carbonyl (C=O) groups is 1. The number of anilines is 2. The van der Waals surface area contributed by atoms with Gasteiger partial charge in [-0.3, -0.25) is 4.79 Å². The molecule has 1 aromatic carbocycles. The Hall–Kier alpha value is -2.63. The fourth-order valence-corrected chi connectivity index (χ4v) is 2.86. The number of nitrogens with zero attached hydrogens (tertiary/aromatic N) is 3. The van der Waals surface area contributed by atoms with Crippen molar-refractivity contribution >= 4 is 17.5 Å². The van der Waals surface area contributed by atoms with Gasteiger partial charge >= 0.3 is 0 Å². The molecule has 2 aromatic rings. The Morgan fingerprint density at radius 2 is 2.04 bits per heavy atom. The minimum absolute atomic E-state index is 0.0771. The molecule has 2 heterocycles. The molecule has 0 saturated carbocycles. The third kappa shape index (κ3) is 4.68. The fourth-order valence-electron chi connectivity index (χ4n) is 2.86. The predicted molar refractivity (Wildman–Crippen MR) is 98.2 cm³/mol. The molecule has 1 saturated heterocycles. The molecule has 0 spiro atoms. The third-order valence-corrected chi connectivity index (χ3v) is 4.18. The average Bonchev–Trinajstić information content (AvgIpc) is 3.14. The smallest absolute Gasteiger partial charge is 0.262 e. The molecule has 0 bridgehead atoms. The van der Waals surface area contributed by atoms with Crippen LogP contribution in [0.4, 0.5) is 11.6 Å². The zero-order valence-corrected chi connectivity index (χ0v) is 14.8. The number of hydrogen-bond donors (Lipinski definition) is 1. The van der Waals surface area contributed by atoms with Crippen LogP contribution in [0.15, 0.2) is 30.3 Å². The van der Waals surface area contributed by atoms with Crippen LogP contribution >= 0.6 is 0 Å². The summed E-state index contributed by atoms with van der Waals surface area (Å²) >= 11 is 0. The Labute approximate surface area is 148 Å². The minimum Gasteiger partial charge on any atom is -0.467 e.